The number of methoxy groups -OCH3 is 1. The van der Waals surface area contributed by atoms with E-state index in [0.29, 0.717) is 6.42 Å². The van der Waals surface area contributed by atoms with E-state index in [4.69, 9.17) is 4.74 Å². The van der Waals surface area contributed by atoms with Gasteiger partial charge < -0.3 is 65.8 Å². The molecule has 1 aliphatic heterocycles. The van der Waals surface area contributed by atoms with Crippen LogP contribution in [0, 0.1) is 41.4 Å². The number of carbonyl (C=O) groups is 11. The van der Waals surface area contributed by atoms with Crippen LogP contribution in [-0.4, -0.2) is 228 Å². The highest BCUT2D eigenvalue weighted by Crippen LogP contribution is 2.26. The Bertz CT molecular complexity index is 2370. The van der Waals surface area contributed by atoms with Gasteiger partial charge in [-0.1, -0.05) is 109 Å². The van der Waals surface area contributed by atoms with E-state index in [1.54, 1.807) is 74.5 Å². The third-order valence-corrected chi connectivity index (χ3v) is 16.6. The smallest absolute Gasteiger partial charge is 0.246 e. The quantitative estimate of drug-likeness (QED) is 0.114. The number of hydrogen-bond acceptors (Lipinski definition) is 13. The minimum Gasteiger partial charge on any atom is -0.390 e. The van der Waals surface area contributed by atoms with Gasteiger partial charge in [0.25, 0.3) is 0 Å². The average molecular weight is 1230 g/mol. The van der Waals surface area contributed by atoms with Gasteiger partial charge in [0.2, 0.25) is 65.0 Å². The van der Waals surface area contributed by atoms with E-state index in [1.807, 2.05) is 41.5 Å². The van der Waals surface area contributed by atoms with Crippen LogP contribution in [0.3, 0.4) is 0 Å². The first-order valence-corrected chi connectivity index (χ1v) is 31.2. The monoisotopic (exact) mass is 1230 g/mol. The summed E-state index contributed by atoms with van der Waals surface area (Å²) >= 11 is 0. The van der Waals surface area contributed by atoms with Crippen LogP contribution in [0.4, 0.5) is 0 Å². The summed E-state index contributed by atoms with van der Waals surface area (Å²) in [5, 5.41) is 25.9. The van der Waals surface area contributed by atoms with Crippen LogP contribution >= 0.6 is 0 Å². The number of nitrogens with one attached hydrogen (secondary N) is 5. The standard InChI is InChI=1S/C63H113N11O13/c1-25-28-29-39(14)52(75)51-57(80)66-43(26-2)59(82)69(18)44(27-3)54(77)68-49(40(15)33-87-24)56(79)67-48(37(10)11)62(85)70(19)45(30-34(4)5)55(78)64-41(16)53(76)65-42(17)58(81)71(20)46(31-35(6)7)60(83)72(21)47(32-36(8)9)61(84)73(22)50(38(12)13)63(86)74(51)23/h25,28,34-52,75H,26-27,29-33H2,1-24H3,(H,64,78)(H,65,76)(H,66,80)(H,67,79)(H,68,77)/b28-25+/t39-,40-,41+,42-,43+,44-,45+,46+,47+,48+,49+,50+,51+,52-/m1/s1. The SMILES string of the molecule is C/C=C/C[C@@H](C)[C@@H](O)[C@H]1C(=O)N[C@@H](CC)C(=O)N(C)[C@H](CC)C(=O)N[C@@H]([C@H](C)COC)C(=O)N[C@@H](C(C)C)C(=O)N(C)[C@@H](CC(C)C)C(=O)N[C@@H](C)C(=O)N[C@H](C)C(=O)N(C)[C@@H](CC(C)C)C(=O)N(C)[C@@H](CC(C)C)C(=O)N(C)[C@@H](C(C)C)C(=O)N1C. The van der Waals surface area contributed by atoms with Crippen molar-refractivity contribution in [2.75, 3.05) is 56.0 Å². The molecule has 498 valence electrons. The van der Waals surface area contributed by atoms with Crippen molar-refractivity contribution in [2.45, 2.75) is 229 Å². The third kappa shape index (κ3) is 21.8. The van der Waals surface area contributed by atoms with Crippen LogP contribution in [0.25, 0.3) is 0 Å². The fourth-order valence-electron chi connectivity index (χ4n) is 11.1. The van der Waals surface area contributed by atoms with Crippen LogP contribution in [0.15, 0.2) is 12.2 Å². The third-order valence-electron chi connectivity index (χ3n) is 16.6. The second kappa shape index (κ2) is 36.3. The number of allylic oxidation sites excluding steroid dienone is 2. The van der Waals surface area contributed by atoms with E-state index in [1.165, 1.54) is 82.8 Å². The molecule has 6 N–H and O–H groups in total. The molecule has 0 aromatic carbocycles. The highest BCUT2D eigenvalue weighted by Gasteiger charge is 2.46. The Labute approximate surface area is 520 Å². The van der Waals surface area contributed by atoms with Crippen LogP contribution in [0.1, 0.15) is 156 Å². The molecule has 1 aliphatic rings. The number of nitrogens with zero attached hydrogens (tertiary/aromatic N) is 6. The normalized spacial score (nSPS) is 27.6. The van der Waals surface area contributed by atoms with Crippen molar-refractivity contribution in [1.82, 2.24) is 56.0 Å². The van der Waals surface area contributed by atoms with E-state index in [-0.39, 0.29) is 56.5 Å². The first kappa shape index (κ1) is 78.8. The molecule has 1 heterocycles. The van der Waals surface area contributed by atoms with Gasteiger partial charge in [0.1, 0.15) is 66.5 Å². The number of carbonyl (C=O) groups excluding carboxylic acids is 11. The zero-order valence-electron chi connectivity index (χ0n) is 57.1. The van der Waals surface area contributed by atoms with E-state index in [0.717, 1.165) is 9.80 Å². The van der Waals surface area contributed by atoms with Crippen LogP contribution in [-0.2, 0) is 57.5 Å². The molecular formula is C63H113N11O13. The van der Waals surface area contributed by atoms with E-state index in [9.17, 15) is 48.3 Å². The molecule has 0 unspecified atom stereocenters. The largest absolute Gasteiger partial charge is 0.390 e. The summed E-state index contributed by atoms with van der Waals surface area (Å²) in [4.78, 5) is 168. The predicted octanol–water partition coefficient (Wildman–Crippen LogP) is 2.94. The van der Waals surface area contributed by atoms with Gasteiger partial charge in [-0.05, 0) is 94.8 Å². The van der Waals surface area contributed by atoms with Crippen molar-refractivity contribution < 1.29 is 62.6 Å². The van der Waals surface area contributed by atoms with Gasteiger partial charge in [-0.3, -0.25) is 52.7 Å². The number of likely N-dealkylation sites (N-methyl/N-ethyl adjacent to an activating group) is 6. The minimum absolute atomic E-state index is 0.000596. The summed E-state index contributed by atoms with van der Waals surface area (Å²) in [6.07, 6.45) is 2.84. The highest BCUT2D eigenvalue weighted by molar-refractivity contribution is 6.00. The number of amides is 11. The fraction of sp³-hybridized carbons (Fsp3) is 0.794. The molecule has 24 nitrogen and oxygen atoms in total. The van der Waals surface area contributed by atoms with Crippen LogP contribution in [0.5, 0.6) is 0 Å². The second-order valence-corrected chi connectivity index (χ2v) is 26.0. The first-order chi connectivity index (χ1) is 40.3. The molecule has 0 spiro atoms. The zero-order valence-corrected chi connectivity index (χ0v) is 57.1. The first-order valence-electron chi connectivity index (χ1n) is 31.2. The second-order valence-electron chi connectivity index (χ2n) is 26.0. The lowest BCUT2D eigenvalue weighted by Crippen LogP contribution is -2.64. The molecule has 0 aliphatic carbocycles. The Morgan fingerprint density at radius 2 is 0.897 bits per heavy atom. The Balaban J connectivity index is 4.40. The lowest BCUT2D eigenvalue weighted by Gasteiger charge is -2.41. The molecule has 0 saturated carbocycles. The minimum atomic E-state index is -1.63. The summed E-state index contributed by atoms with van der Waals surface area (Å²) in [6.45, 7) is 29.4. The van der Waals surface area contributed by atoms with Gasteiger partial charge >= 0.3 is 0 Å². The number of aliphatic hydroxyl groups is 1. The highest BCUT2D eigenvalue weighted by atomic mass is 16.5. The maximum Gasteiger partial charge on any atom is 0.246 e. The molecule has 1 rings (SSSR count). The number of rotatable bonds is 17. The van der Waals surface area contributed by atoms with Crippen LogP contribution in [0.2, 0.25) is 0 Å². The van der Waals surface area contributed by atoms with Gasteiger partial charge in [-0.15, -0.1) is 0 Å². The predicted molar refractivity (Wildman–Crippen MR) is 335 cm³/mol. The topological polar surface area (TPSA) is 297 Å². The maximum absolute atomic E-state index is 15.2. The van der Waals surface area contributed by atoms with Crippen molar-refractivity contribution in [2.24, 2.45) is 41.4 Å². The molecule has 24 heteroatoms. The zero-order chi connectivity index (χ0) is 67.4. The molecule has 87 heavy (non-hydrogen) atoms. The average Bonchev–Trinajstić information content (AvgIpc) is 1.88. The van der Waals surface area contributed by atoms with E-state index in [2.05, 4.69) is 26.6 Å². The van der Waals surface area contributed by atoms with Gasteiger partial charge in [0.05, 0.1) is 12.7 Å². The van der Waals surface area contributed by atoms with Crippen molar-refractivity contribution >= 4 is 65.0 Å². The molecule has 0 radical (unpaired) electrons. The maximum atomic E-state index is 15.2. The van der Waals surface area contributed by atoms with E-state index >= 15 is 9.59 Å². The Morgan fingerprint density at radius 1 is 0.460 bits per heavy atom. The van der Waals surface area contributed by atoms with E-state index < -0.39 is 161 Å². The fourth-order valence-corrected chi connectivity index (χ4v) is 11.1. The summed E-state index contributed by atoms with van der Waals surface area (Å²) in [5.74, 6) is -10.7. The number of ether oxygens (including phenoxy) is 1. The van der Waals surface area contributed by atoms with Gasteiger partial charge in [0, 0.05) is 55.3 Å². The summed E-state index contributed by atoms with van der Waals surface area (Å²) < 4.78 is 5.42. The molecule has 0 aromatic heterocycles. The lowest BCUT2D eigenvalue weighted by molar-refractivity contribution is -0.157. The summed E-state index contributed by atoms with van der Waals surface area (Å²) in [7, 11) is 9.90. The number of aliphatic hydroxyl groups excluding tert-OH is 1. The number of hydrogen-bond donors (Lipinski definition) is 6. The summed E-state index contributed by atoms with van der Waals surface area (Å²) in [6, 6.07) is -13.9. The molecule has 11 amide bonds. The van der Waals surface area contributed by atoms with Crippen molar-refractivity contribution in [3.63, 3.8) is 0 Å². The molecule has 14 atom stereocenters. The van der Waals surface area contributed by atoms with Gasteiger partial charge in [0.15, 0.2) is 0 Å². The molecular weight excluding hydrogens is 1120 g/mol. The molecule has 1 fully saturated rings. The van der Waals surface area contributed by atoms with Gasteiger partial charge in [-0.25, -0.2) is 0 Å². The summed E-state index contributed by atoms with van der Waals surface area (Å²) in [5.41, 5.74) is 0. The van der Waals surface area contributed by atoms with Crippen molar-refractivity contribution in [1.29, 1.82) is 0 Å². The molecule has 0 aromatic rings. The molecule has 1 saturated heterocycles. The van der Waals surface area contributed by atoms with Crippen LogP contribution < -0.4 is 26.6 Å². The lowest BCUT2D eigenvalue weighted by atomic mass is 9.91. The molecule has 0 bridgehead atoms. The van der Waals surface area contributed by atoms with Crippen molar-refractivity contribution in [3.8, 4) is 0 Å². The Hall–Kier alpha value is -6.17. The van der Waals surface area contributed by atoms with Gasteiger partial charge in [-0.2, -0.15) is 0 Å². The Kier molecular flexibility index (Phi) is 32.9. The van der Waals surface area contributed by atoms with Crippen molar-refractivity contribution in [3.05, 3.63) is 12.2 Å². The Morgan fingerprint density at radius 3 is 1.36 bits per heavy atom.